The second-order valence-corrected chi connectivity index (χ2v) is 5.07. The molecule has 6 nitrogen and oxygen atoms in total. The monoisotopic (exact) mass is 339 g/mol. The predicted octanol–water partition coefficient (Wildman–Crippen LogP) is 3.08. The Morgan fingerprint density at radius 1 is 1.45 bits per heavy atom. The van der Waals surface area contributed by atoms with Crippen molar-refractivity contribution in [3.05, 3.63) is 56.4 Å². The van der Waals surface area contributed by atoms with Crippen LogP contribution in [-0.4, -0.2) is 21.1 Å². The van der Waals surface area contributed by atoms with E-state index in [1.165, 1.54) is 6.20 Å². The molecule has 0 spiro atoms. The van der Waals surface area contributed by atoms with Crippen molar-refractivity contribution in [3.8, 4) is 0 Å². The maximum atomic E-state index is 10.8. The summed E-state index contributed by atoms with van der Waals surface area (Å²) in [6, 6.07) is 7.79. The van der Waals surface area contributed by atoms with E-state index in [1.807, 2.05) is 24.3 Å². The van der Waals surface area contributed by atoms with Crippen LogP contribution in [0.15, 0.2) is 34.9 Å². The summed E-state index contributed by atoms with van der Waals surface area (Å²) < 4.78 is 8.09. The highest BCUT2D eigenvalue weighted by molar-refractivity contribution is 9.10. The molecule has 1 heterocycles. The summed E-state index contributed by atoms with van der Waals surface area (Å²) in [5, 5.41) is 10.8. The molecule has 0 bridgehead atoms. The number of halogens is 1. The lowest BCUT2D eigenvalue weighted by Gasteiger charge is -2.06. The van der Waals surface area contributed by atoms with E-state index in [0.29, 0.717) is 25.6 Å². The minimum Gasteiger partial charge on any atom is -0.373 e. The number of benzene rings is 1. The van der Waals surface area contributed by atoms with Crippen LogP contribution in [0.25, 0.3) is 0 Å². The molecule has 1 aromatic heterocycles. The van der Waals surface area contributed by atoms with E-state index in [-0.39, 0.29) is 5.82 Å². The van der Waals surface area contributed by atoms with Crippen molar-refractivity contribution >= 4 is 21.7 Å². The largest absolute Gasteiger partial charge is 0.373 e. The summed E-state index contributed by atoms with van der Waals surface area (Å²) in [5.74, 6) is 0.605. The van der Waals surface area contributed by atoms with E-state index in [4.69, 9.17) is 4.74 Å². The quantitative estimate of drug-likeness (QED) is 0.460. The Hall–Kier alpha value is -1.73. The number of nitrogens with zero attached hydrogens (tertiary/aromatic N) is 3. The summed E-state index contributed by atoms with van der Waals surface area (Å²) in [6.07, 6.45) is 1.27. The lowest BCUT2D eigenvalue weighted by atomic mass is 10.2. The first kappa shape index (κ1) is 14.7. The fourth-order valence-corrected chi connectivity index (χ4v) is 2.23. The molecular formula is C13H14BrN3O3. The molecular weight excluding hydrogens is 326 g/mol. The van der Waals surface area contributed by atoms with Crippen LogP contribution in [0.1, 0.15) is 11.4 Å². The normalized spacial score (nSPS) is 10.7. The van der Waals surface area contributed by atoms with Crippen molar-refractivity contribution < 1.29 is 9.66 Å². The number of imidazole rings is 1. The van der Waals surface area contributed by atoms with E-state index in [2.05, 4.69) is 20.9 Å². The zero-order valence-corrected chi connectivity index (χ0v) is 12.5. The molecule has 20 heavy (non-hydrogen) atoms. The van der Waals surface area contributed by atoms with Gasteiger partial charge in [0.2, 0.25) is 0 Å². The van der Waals surface area contributed by atoms with Crippen LogP contribution in [0.3, 0.4) is 0 Å². The maximum Gasteiger partial charge on any atom is 0.342 e. The molecule has 0 saturated carbocycles. The van der Waals surface area contributed by atoms with Crippen molar-refractivity contribution in [2.75, 3.05) is 6.61 Å². The number of rotatable bonds is 6. The van der Waals surface area contributed by atoms with Gasteiger partial charge in [0.15, 0.2) is 5.82 Å². The van der Waals surface area contributed by atoms with Crippen LogP contribution in [-0.2, 0) is 17.9 Å². The number of aryl methyl sites for hydroxylation is 1. The van der Waals surface area contributed by atoms with Crippen LogP contribution in [0, 0.1) is 17.0 Å². The average molecular weight is 340 g/mol. The summed E-state index contributed by atoms with van der Waals surface area (Å²) in [6.45, 7) is 3.00. The van der Waals surface area contributed by atoms with Crippen LogP contribution in [0.4, 0.5) is 5.82 Å². The average Bonchev–Trinajstić information content (AvgIpc) is 2.78. The van der Waals surface area contributed by atoms with E-state index < -0.39 is 4.92 Å². The third-order valence-corrected chi connectivity index (χ3v) is 3.67. The Morgan fingerprint density at radius 2 is 2.20 bits per heavy atom. The molecule has 0 aliphatic heterocycles. The fourth-order valence-electron chi connectivity index (χ4n) is 1.83. The standard InChI is InChI=1S/C13H14BrN3O3/c1-10-15-8-13(17(18)19)16(10)6-7-20-9-11-4-2-3-5-12(11)14/h2-5,8H,6-7,9H2,1H3. The third-order valence-electron chi connectivity index (χ3n) is 2.90. The highest BCUT2D eigenvalue weighted by Crippen LogP contribution is 2.17. The smallest absolute Gasteiger partial charge is 0.342 e. The van der Waals surface area contributed by atoms with Crippen molar-refractivity contribution in [1.29, 1.82) is 0 Å². The second-order valence-electron chi connectivity index (χ2n) is 4.22. The number of nitro groups is 1. The van der Waals surface area contributed by atoms with Crippen LogP contribution < -0.4 is 0 Å². The van der Waals surface area contributed by atoms with Gasteiger partial charge in [-0.3, -0.25) is 0 Å². The summed E-state index contributed by atoms with van der Waals surface area (Å²) in [4.78, 5) is 14.3. The molecule has 2 rings (SSSR count). The predicted molar refractivity (Wildman–Crippen MR) is 77.4 cm³/mol. The molecule has 7 heteroatoms. The Balaban J connectivity index is 1.89. The first-order chi connectivity index (χ1) is 9.59. The van der Waals surface area contributed by atoms with Gasteiger partial charge in [-0.25, -0.2) is 9.55 Å². The number of hydrogen-bond acceptors (Lipinski definition) is 4. The highest BCUT2D eigenvalue weighted by atomic mass is 79.9. The van der Waals surface area contributed by atoms with Crippen LogP contribution >= 0.6 is 15.9 Å². The molecule has 0 atom stereocenters. The summed E-state index contributed by atoms with van der Waals surface area (Å²) in [7, 11) is 0. The lowest BCUT2D eigenvalue weighted by Crippen LogP contribution is -2.10. The molecule has 106 valence electrons. The molecule has 2 aromatic rings. The van der Waals surface area contributed by atoms with Gasteiger partial charge in [-0.05, 0) is 16.6 Å². The minimum atomic E-state index is -0.437. The Labute approximate surface area is 124 Å². The molecule has 1 aromatic carbocycles. The van der Waals surface area contributed by atoms with Gasteiger partial charge in [0.25, 0.3) is 0 Å². The second kappa shape index (κ2) is 6.62. The van der Waals surface area contributed by atoms with E-state index >= 15 is 0 Å². The summed E-state index contributed by atoms with van der Waals surface area (Å²) in [5.41, 5.74) is 1.05. The van der Waals surface area contributed by atoms with Gasteiger partial charge in [-0.15, -0.1) is 0 Å². The number of hydrogen-bond donors (Lipinski definition) is 0. The van der Waals surface area contributed by atoms with E-state index in [9.17, 15) is 10.1 Å². The van der Waals surface area contributed by atoms with E-state index in [0.717, 1.165) is 10.0 Å². The van der Waals surface area contributed by atoms with Crippen molar-refractivity contribution in [2.24, 2.45) is 0 Å². The van der Waals surface area contributed by atoms with Gasteiger partial charge in [0.05, 0.1) is 13.2 Å². The Bertz CT molecular complexity index is 613. The number of ether oxygens (including phenoxy) is 1. The van der Waals surface area contributed by atoms with Gasteiger partial charge >= 0.3 is 5.82 Å². The minimum absolute atomic E-state index is 0.00742. The molecule has 0 aliphatic carbocycles. The Kier molecular flexibility index (Phi) is 4.86. The Morgan fingerprint density at radius 3 is 2.90 bits per heavy atom. The highest BCUT2D eigenvalue weighted by Gasteiger charge is 2.16. The van der Waals surface area contributed by atoms with Gasteiger partial charge in [-0.1, -0.05) is 34.1 Å². The SMILES string of the molecule is Cc1ncc([N+](=O)[O-])n1CCOCc1ccccc1Br. The van der Waals surface area contributed by atoms with Crippen LogP contribution in [0.2, 0.25) is 0 Å². The first-order valence-electron chi connectivity index (χ1n) is 6.07. The van der Waals surface area contributed by atoms with Gasteiger partial charge in [0, 0.05) is 11.4 Å². The van der Waals surface area contributed by atoms with Gasteiger partial charge in [-0.2, -0.15) is 0 Å². The van der Waals surface area contributed by atoms with Gasteiger partial charge in [0.1, 0.15) is 12.7 Å². The molecule has 0 unspecified atom stereocenters. The van der Waals surface area contributed by atoms with E-state index in [1.54, 1.807) is 11.5 Å². The summed E-state index contributed by atoms with van der Waals surface area (Å²) >= 11 is 3.44. The number of aromatic nitrogens is 2. The van der Waals surface area contributed by atoms with Crippen LogP contribution in [0.5, 0.6) is 0 Å². The topological polar surface area (TPSA) is 70.2 Å². The molecule has 0 saturated heterocycles. The van der Waals surface area contributed by atoms with Crippen molar-refractivity contribution in [2.45, 2.75) is 20.1 Å². The molecule has 0 amide bonds. The maximum absolute atomic E-state index is 10.8. The molecule has 0 radical (unpaired) electrons. The molecule has 0 N–H and O–H groups in total. The first-order valence-corrected chi connectivity index (χ1v) is 6.86. The molecule has 0 fully saturated rings. The zero-order valence-electron chi connectivity index (χ0n) is 11.0. The van der Waals surface area contributed by atoms with Crippen molar-refractivity contribution in [3.63, 3.8) is 0 Å². The third kappa shape index (κ3) is 3.43. The van der Waals surface area contributed by atoms with Gasteiger partial charge < -0.3 is 14.9 Å². The zero-order chi connectivity index (χ0) is 14.5. The fraction of sp³-hybridized carbons (Fsp3) is 0.308. The van der Waals surface area contributed by atoms with Crippen molar-refractivity contribution in [1.82, 2.24) is 9.55 Å². The lowest BCUT2D eigenvalue weighted by molar-refractivity contribution is -0.392. The molecule has 0 aliphatic rings.